The van der Waals surface area contributed by atoms with E-state index in [1.807, 2.05) is 18.2 Å². The molecule has 106 valence electrons. The number of rotatable bonds is 4. The number of halogens is 2. The molecule has 4 heteroatoms. The number of aryl methyl sites for hydroxylation is 1. The van der Waals surface area contributed by atoms with Gasteiger partial charge in [-0.2, -0.15) is 0 Å². The number of methoxy groups -OCH3 is 1. The van der Waals surface area contributed by atoms with Crippen molar-refractivity contribution in [2.75, 3.05) is 12.4 Å². The first-order chi connectivity index (χ1) is 9.52. The highest BCUT2D eigenvalue weighted by molar-refractivity contribution is 6.37. The largest absolute Gasteiger partial charge is 0.494 e. The summed E-state index contributed by atoms with van der Waals surface area (Å²) in [6.07, 6.45) is 0. The second-order valence-corrected chi connectivity index (χ2v) is 5.51. The molecular formula is C16H17Cl2NO. The fraction of sp³-hybridized carbons (Fsp3) is 0.250. The average molecular weight is 310 g/mol. The molecule has 0 aromatic heterocycles. The third kappa shape index (κ3) is 3.20. The van der Waals surface area contributed by atoms with E-state index in [1.165, 1.54) is 11.1 Å². The molecule has 0 fully saturated rings. The summed E-state index contributed by atoms with van der Waals surface area (Å²) in [6.45, 7) is 4.86. The Bertz CT molecular complexity index is 603. The van der Waals surface area contributed by atoms with Gasteiger partial charge in [0, 0.05) is 12.2 Å². The summed E-state index contributed by atoms with van der Waals surface area (Å²) in [5, 5.41) is 4.46. The molecule has 0 saturated carbocycles. The molecule has 1 N–H and O–H groups in total. The van der Waals surface area contributed by atoms with Gasteiger partial charge in [0.25, 0.3) is 0 Å². The molecule has 2 nitrogen and oxygen atoms in total. The van der Waals surface area contributed by atoms with Gasteiger partial charge >= 0.3 is 0 Å². The van der Waals surface area contributed by atoms with Crippen LogP contribution in [0.1, 0.15) is 16.7 Å². The maximum Gasteiger partial charge on any atom is 0.156 e. The molecule has 0 heterocycles. The lowest BCUT2D eigenvalue weighted by atomic mass is 10.1. The third-order valence-corrected chi connectivity index (χ3v) is 3.91. The molecule has 0 bridgehead atoms. The van der Waals surface area contributed by atoms with Crippen molar-refractivity contribution in [3.05, 3.63) is 57.1 Å². The monoisotopic (exact) mass is 309 g/mol. The molecule has 2 rings (SSSR count). The van der Waals surface area contributed by atoms with Crippen molar-refractivity contribution >= 4 is 28.9 Å². The lowest BCUT2D eigenvalue weighted by molar-refractivity contribution is 0.415. The SMILES string of the molecule is COc1c(Cl)cc(CNc2cccc(C)c2C)cc1Cl. The molecule has 0 radical (unpaired) electrons. The minimum atomic E-state index is 0.517. The zero-order chi connectivity index (χ0) is 14.7. The molecule has 0 unspecified atom stereocenters. The maximum atomic E-state index is 6.14. The highest BCUT2D eigenvalue weighted by Crippen LogP contribution is 2.34. The van der Waals surface area contributed by atoms with Gasteiger partial charge in [-0.05, 0) is 48.7 Å². The standard InChI is InChI=1S/C16H17Cl2NO/c1-10-5-4-6-15(11(10)2)19-9-12-7-13(17)16(20-3)14(18)8-12/h4-8,19H,9H2,1-3H3. The number of hydrogen-bond donors (Lipinski definition) is 1. The van der Waals surface area contributed by atoms with Crippen molar-refractivity contribution in [3.8, 4) is 5.75 Å². The second kappa shape index (κ2) is 6.38. The van der Waals surface area contributed by atoms with Gasteiger partial charge in [0.1, 0.15) is 0 Å². The smallest absolute Gasteiger partial charge is 0.156 e. The Morgan fingerprint density at radius 1 is 1.10 bits per heavy atom. The first-order valence-corrected chi connectivity index (χ1v) is 7.10. The van der Waals surface area contributed by atoms with Crippen LogP contribution in [0.2, 0.25) is 10.0 Å². The van der Waals surface area contributed by atoms with Crippen molar-refractivity contribution in [2.24, 2.45) is 0 Å². The van der Waals surface area contributed by atoms with Crippen LogP contribution in [0, 0.1) is 13.8 Å². The summed E-state index contributed by atoms with van der Waals surface area (Å²) in [5.41, 5.74) is 4.65. The summed E-state index contributed by atoms with van der Waals surface area (Å²) >= 11 is 12.3. The predicted molar refractivity (Wildman–Crippen MR) is 86.3 cm³/mol. The Hall–Kier alpha value is -1.38. The normalized spacial score (nSPS) is 10.4. The van der Waals surface area contributed by atoms with Crippen LogP contribution >= 0.6 is 23.2 Å². The topological polar surface area (TPSA) is 21.3 Å². The predicted octanol–water partition coefficient (Wildman–Crippen LogP) is 5.23. The average Bonchev–Trinajstić information content (AvgIpc) is 2.40. The van der Waals surface area contributed by atoms with Crippen LogP contribution in [0.25, 0.3) is 0 Å². The van der Waals surface area contributed by atoms with Crippen molar-refractivity contribution < 1.29 is 4.74 Å². The third-order valence-electron chi connectivity index (χ3n) is 3.35. The second-order valence-electron chi connectivity index (χ2n) is 4.69. The van der Waals surface area contributed by atoms with Gasteiger partial charge < -0.3 is 10.1 Å². The molecule has 0 aliphatic heterocycles. The van der Waals surface area contributed by atoms with Crippen molar-refractivity contribution in [3.63, 3.8) is 0 Å². The summed E-state index contributed by atoms with van der Waals surface area (Å²) in [6, 6.07) is 9.93. The van der Waals surface area contributed by atoms with E-state index in [9.17, 15) is 0 Å². The van der Waals surface area contributed by atoms with Gasteiger partial charge in [0.2, 0.25) is 0 Å². The summed E-state index contributed by atoms with van der Waals surface area (Å²) in [4.78, 5) is 0. The van der Waals surface area contributed by atoms with Gasteiger partial charge in [0.05, 0.1) is 17.2 Å². The fourth-order valence-electron chi connectivity index (χ4n) is 2.05. The summed E-state index contributed by atoms with van der Waals surface area (Å²) in [5.74, 6) is 0.517. The number of hydrogen-bond acceptors (Lipinski definition) is 2. The summed E-state index contributed by atoms with van der Waals surface area (Å²) in [7, 11) is 1.56. The quantitative estimate of drug-likeness (QED) is 0.835. The minimum absolute atomic E-state index is 0.517. The van der Waals surface area contributed by atoms with E-state index in [0.29, 0.717) is 22.3 Å². The Morgan fingerprint density at radius 2 is 1.75 bits per heavy atom. The van der Waals surface area contributed by atoms with Crippen LogP contribution in [0.4, 0.5) is 5.69 Å². The van der Waals surface area contributed by atoms with Crippen LogP contribution in [-0.4, -0.2) is 7.11 Å². The molecular weight excluding hydrogens is 293 g/mol. The van der Waals surface area contributed by atoms with E-state index < -0.39 is 0 Å². The Labute approximate surface area is 129 Å². The van der Waals surface area contributed by atoms with Gasteiger partial charge in [-0.25, -0.2) is 0 Å². The number of ether oxygens (including phenoxy) is 1. The van der Waals surface area contributed by atoms with E-state index in [-0.39, 0.29) is 0 Å². The molecule has 0 atom stereocenters. The highest BCUT2D eigenvalue weighted by atomic mass is 35.5. The van der Waals surface area contributed by atoms with E-state index >= 15 is 0 Å². The first-order valence-electron chi connectivity index (χ1n) is 6.35. The molecule has 0 aliphatic rings. The number of benzene rings is 2. The van der Waals surface area contributed by atoms with Crippen LogP contribution in [-0.2, 0) is 6.54 Å². The van der Waals surface area contributed by atoms with E-state index in [1.54, 1.807) is 7.11 Å². The Kier molecular flexibility index (Phi) is 4.79. The maximum absolute atomic E-state index is 6.14. The fourth-order valence-corrected chi connectivity index (χ4v) is 2.74. The molecule has 2 aromatic carbocycles. The van der Waals surface area contributed by atoms with Crippen molar-refractivity contribution in [1.29, 1.82) is 0 Å². The Morgan fingerprint density at radius 3 is 2.35 bits per heavy atom. The van der Waals surface area contributed by atoms with Crippen molar-refractivity contribution in [1.82, 2.24) is 0 Å². The van der Waals surface area contributed by atoms with Gasteiger partial charge in [-0.3, -0.25) is 0 Å². The zero-order valence-corrected chi connectivity index (χ0v) is 13.3. The molecule has 0 amide bonds. The van der Waals surface area contributed by atoms with Crippen molar-refractivity contribution in [2.45, 2.75) is 20.4 Å². The van der Waals surface area contributed by atoms with E-state index in [0.717, 1.165) is 11.3 Å². The number of nitrogens with one attached hydrogen (secondary N) is 1. The van der Waals surface area contributed by atoms with Crippen LogP contribution in [0.3, 0.4) is 0 Å². The lowest BCUT2D eigenvalue weighted by Crippen LogP contribution is -2.02. The van der Waals surface area contributed by atoms with Gasteiger partial charge in [-0.15, -0.1) is 0 Å². The Balaban J connectivity index is 2.17. The van der Waals surface area contributed by atoms with E-state index in [4.69, 9.17) is 27.9 Å². The minimum Gasteiger partial charge on any atom is -0.494 e. The molecule has 0 aliphatic carbocycles. The molecule has 0 spiro atoms. The molecule has 20 heavy (non-hydrogen) atoms. The highest BCUT2D eigenvalue weighted by Gasteiger charge is 2.09. The van der Waals surface area contributed by atoms with Gasteiger partial charge in [0.15, 0.2) is 5.75 Å². The number of anilines is 1. The van der Waals surface area contributed by atoms with Crippen LogP contribution in [0.15, 0.2) is 30.3 Å². The van der Waals surface area contributed by atoms with E-state index in [2.05, 4.69) is 31.3 Å². The molecule has 2 aromatic rings. The zero-order valence-electron chi connectivity index (χ0n) is 11.8. The van der Waals surface area contributed by atoms with Gasteiger partial charge in [-0.1, -0.05) is 35.3 Å². The molecule has 0 saturated heterocycles. The lowest BCUT2D eigenvalue weighted by Gasteiger charge is -2.13. The van der Waals surface area contributed by atoms with Crippen LogP contribution < -0.4 is 10.1 Å². The first kappa shape index (κ1) is 15.0. The van der Waals surface area contributed by atoms with Crippen LogP contribution in [0.5, 0.6) is 5.75 Å². The summed E-state index contributed by atoms with van der Waals surface area (Å²) < 4.78 is 5.14.